The number of hydrogen-bond donors (Lipinski definition) is 0. The summed E-state index contributed by atoms with van der Waals surface area (Å²) in [5.74, 6) is 0. The smallest absolute Gasteiger partial charge is 0.0650 e. The van der Waals surface area contributed by atoms with Crippen molar-refractivity contribution >= 4 is 0 Å². The van der Waals surface area contributed by atoms with Gasteiger partial charge >= 0.3 is 0 Å². The second-order valence-corrected chi connectivity index (χ2v) is 3.98. The summed E-state index contributed by atoms with van der Waals surface area (Å²) < 4.78 is 5.62. The molecule has 0 radical (unpaired) electrons. The maximum absolute atomic E-state index is 5.62. The molecular formula is C12H27NO. The highest BCUT2D eigenvalue weighted by molar-refractivity contribution is 4.87. The van der Waals surface area contributed by atoms with Crippen LogP contribution in [0.25, 0.3) is 0 Å². The zero-order chi connectivity index (χ0) is 11.0. The number of nitrogens with zero attached hydrogens (tertiary/aromatic N) is 1. The minimum Gasteiger partial charge on any atom is -0.380 e. The first kappa shape index (κ1) is 13.9. The molecule has 0 aliphatic rings. The first-order valence-corrected chi connectivity index (χ1v) is 5.95. The molecule has 0 amide bonds. The van der Waals surface area contributed by atoms with E-state index >= 15 is 0 Å². The molecule has 1 unspecified atom stereocenters. The Hall–Kier alpha value is -0.0800. The highest BCUT2D eigenvalue weighted by atomic mass is 16.5. The molecule has 0 aromatic heterocycles. The van der Waals surface area contributed by atoms with E-state index < -0.39 is 0 Å². The third-order valence-electron chi connectivity index (χ3n) is 3.23. The van der Waals surface area contributed by atoms with E-state index in [0.717, 1.165) is 19.8 Å². The van der Waals surface area contributed by atoms with Gasteiger partial charge in [-0.15, -0.1) is 0 Å². The monoisotopic (exact) mass is 201 g/mol. The summed E-state index contributed by atoms with van der Waals surface area (Å²) in [6.45, 7) is 11.6. The fourth-order valence-corrected chi connectivity index (χ4v) is 2.01. The van der Waals surface area contributed by atoms with Gasteiger partial charge in [0.25, 0.3) is 0 Å². The van der Waals surface area contributed by atoms with Crippen molar-refractivity contribution < 1.29 is 4.74 Å². The van der Waals surface area contributed by atoms with Crippen LogP contribution in [0.4, 0.5) is 0 Å². The SMILES string of the molecule is CCCC(CC)(COCC)N(C)CC. The van der Waals surface area contributed by atoms with E-state index in [9.17, 15) is 0 Å². The molecule has 0 saturated carbocycles. The maximum atomic E-state index is 5.62. The second kappa shape index (κ2) is 7.24. The maximum Gasteiger partial charge on any atom is 0.0650 e. The van der Waals surface area contributed by atoms with Gasteiger partial charge in [0, 0.05) is 12.1 Å². The summed E-state index contributed by atoms with van der Waals surface area (Å²) in [5, 5.41) is 0. The Kier molecular flexibility index (Phi) is 7.20. The topological polar surface area (TPSA) is 12.5 Å². The molecule has 0 aliphatic heterocycles. The molecule has 2 heteroatoms. The summed E-state index contributed by atoms with van der Waals surface area (Å²) in [6.07, 6.45) is 3.63. The normalized spacial score (nSPS) is 15.9. The molecule has 86 valence electrons. The lowest BCUT2D eigenvalue weighted by atomic mass is 9.90. The second-order valence-electron chi connectivity index (χ2n) is 3.98. The van der Waals surface area contributed by atoms with E-state index in [0.29, 0.717) is 0 Å². The van der Waals surface area contributed by atoms with Crippen molar-refractivity contribution in [2.45, 2.75) is 52.5 Å². The predicted molar refractivity (Wildman–Crippen MR) is 62.7 cm³/mol. The van der Waals surface area contributed by atoms with Crippen LogP contribution in [0.2, 0.25) is 0 Å². The number of likely N-dealkylation sites (N-methyl/N-ethyl adjacent to an activating group) is 1. The number of ether oxygens (including phenoxy) is 1. The molecule has 0 aliphatic carbocycles. The fraction of sp³-hybridized carbons (Fsp3) is 1.00. The van der Waals surface area contributed by atoms with Crippen LogP contribution in [0.5, 0.6) is 0 Å². The summed E-state index contributed by atoms with van der Waals surface area (Å²) in [4.78, 5) is 2.44. The lowest BCUT2D eigenvalue weighted by Crippen LogP contribution is -2.49. The van der Waals surface area contributed by atoms with Gasteiger partial charge in [-0.3, -0.25) is 4.90 Å². The van der Waals surface area contributed by atoms with Crippen molar-refractivity contribution in [1.82, 2.24) is 4.90 Å². The van der Waals surface area contributed by atoms with Gasteiger partial charge in [0.1, 0.15) is 0 Å². The largest absolute Gasteiger partial charge is 0.380 e. The molecule has 0 aromatic carbocycles. The predicted octanol–water partition coefficient (Wildman–Crippen LogP) is 2.92. The van der Waals surface area contributed by atoms with Crippen LogP contribution >= 0.6 is 0 Å². The first-order valence-electron chi connectivity index (χ1n) is 5.95. The Bertz CT molecular complexity index is 138. The summed E-state index contributed by atoms with van der Waals surface area (Å²) in [7, 11) is 2.21. The zero-order valence-electron chi connectivity index (χ0n) is 10.6. The molecule has 0 aromatic rings. The van der Waals surface area contributed by atoms with Crippen LogP contribution in [-0.2, 0) is 4.74 Å². The van der Waals surface area contributed by atoms with Crippen LogP contribution in [0.3, 0.4) is 0 Å². The Labute approximate surface area is 89.6 Å². The zero-order valence-corrected chi connectivity index (χ0v) is 10.6. The Morgan fingerprint density at radius 1 is 1.14 bits per heavy atom. The lowest BCUT2D eigenvalue weighted by Gasteiger charge is -2.40. The molecule has 0 fully saturated rings. The van der Waals surface area contributed by atoms with Crippen molar-refractivity contribution in [3.05, 3.63) is 0 Å². The van der Waals surface area contributed by atoms with Crippen molar-refractivity contribution in [3.63, 3.8) is 0 Å². The molecule has 0 rings (SSSR count). The van der Waals surface area contributed by atoms with Gasteiger partial charge in [-0.05, 0) is 33.4 Å². The van der Waals surface area contributed by atoms with Gasteiger partial charge < -0.3 is 4.74 Å². The molecule has 0 saturated heterocycles. The molecule has 0 heterocycles. The Morgan fingerprint density at radius 3 is 2.14 bits per heavy atom. The van der Waals surface area contributed by atoms with Crippen molar-refractivity contribution in [1.29, 1.82) is 0 Å². The van der Waals surface area contributed by atoms with Gasteiger partial charge in [-0.1, -0.05) is 27.2 Å². The standard InChI is InChI=1S/C12H27NO/c1-6-10-12(7-2,11-14-9-4)13(5)8-3/h6-11H2,1-5H3. The number of rotatable bonds is 8. The summed E-state index contributed by atoms with van der Waals surface area (Å²) >= 11 is 0. The minimum atomic E-state index is 0.263. The van der Waals surface area contributed by atoms with Crippen molar-refractivity contribution in [3.8, 4) is 0 Å². The highest BCUT2D eigenvalue weighted by Crippen LogP contribution is 2.24. The van der Waals surface area contributed by atoms with E-state index in [1.165, 1.54) is 19.3 Å². The van der Waals surface area contributed by atoms with Crippen LogP contribution < -0.4 is 0 Å². The molecule has 14 heavy (non-hydrogen) atoms. The average Bonchev–Trinajstić information content (AvgIpc) is 2.23. The van der Waals surface area contributed by atoms with E-state index in [-0.39, 0.29) is 5.54 Å². The third kappa shape index (κ3) is 3.58. The van der Waals surface area contributed by atoms with Crippen LogP contribution in [0.1, 0.15) is 47.0 Å². The molecule has 0 N–H and O–H groups in total. The molecule has 1 atom stereocenters. The number of hydrogen-bond acceptors (Lipinski definition) is 2. The Morgan fingerprint density at radius 2 is 1.79 bits per heavy atom. The summed E-state index contributed by atoms with van der Waals surface area (Å²) in [5.41, 5.74) is 0.263. The third-order valence-corrected chi connectivity index (χ3v) is 3.23. The quantitative estimate of drug-likeness (QED) is 0.598. The molecule has 0 bridgehead atoms. The van der Waals surface area contributed by atoms with Gasteiger partial charge in [0.2, 0.25) is 0 Å². The fourth-order valence-electron chi connectivity index (χ4n) is 2.01. The van der Waals surface area contributed by atoms with Gasteiger partial charge in [-0.2, -0.15) is 0 Å². The molecule has 0 spiro atoms. The minimum absolute atomic E-state index is 0.263. The van der Waals surface area contributed by atoms with E-state index in [2.05, 4.69) is 39.6 Å². The van der Waals surface area contributed by atoms with E-state index in [1.54, 1.807) is 0 Å². The first-order chi connectivity index (χ1) is 6.66. The van der Waals surface area contributed by atoms with Crippen LogP contribution in [-0.4, -0.2) is 37.2 Å². The van der Waals surface area contributed by atoms with Gasteiger partial charge in [0.05, 0.1) is 6.61 Å². The van der Waals surface area contributed by atoms with E-state index in [4.69, 9.17) is 4.74 Å². The average molecular weight is 201 g/mol. The lowest BCUT2D eigenvalue weighted by molar-refractivity contribution is 0.00167. The van der Waals surface area contributed by atoms with Gasteiger partial charge in [-0.25, -0.2) is 0 Å². The van der Waals surface area contributed by atoms with E-state index in [1.807, 2.05) is 0 Å². The van der Waals surface area contributed by atoms with Crippen LogP contribution in [0.15, 0.2) is 0 Å². The van der Waals surface area contributed by atoms with Gasteiger partial charge in [0.15, 0.2) is 0 Å². The van der Waals surface area contributed by atoms with Crippen LogP contribution in [0, 0.1) is 0 Å². The summed E-state index contributed by atoms with van der Waals surface area (Å²) in [6, 6.07) is 0. The highest BCUT2D eigenvalue weighted by Gasteiger charge is 2.30. The Balaban J connectivity index is 4.41. The molecule has 2 nitrogen and oxygen atoms in total. The molecular weight excluding hydrogens is 174 g/mol. The van der Waals surface area contributed by atoms with Crippen molar-refractivity contribution in [2.75, 3.05) is 26.8 Å². The van der Waals surface area contributed by atoms with Crippen molar-refractivity contribution in [2.24, 2.45) is 0 Å².